The fourth-order valence-electron chi connectivity index (χ4n) is 2.66. The van der Waals surface area contributed by atoms with Crippen molar-refractivity contribution >= 4 is 5.91 Å². The number of likely N-dealkylation sites (tertiary alicyclic amines) is 1. The summed E-state index contributed by atoms with van der Waals surface area (Å²) in [7, 11) is 0. The van der Waals surface area contributed by atoms with E-state index in [1.807, 2.05) is 6.92 Å². The fraction of sp³-hybridized carbons (Fsp3) is 0.562. The predicted octanol–water partition coefficient (Wildman–Crippen LogP) is 2.67. The first kappa shape index (κ1) is 17.6. The number of hydrogen-bond donors (Lipinski definition) is 1. The Morgan fingerprint density at radius 3 is 2.87 bits per heavy atom. The SMILES string of the molecule is C[C@@H](N)[C@H]1CCCN(C(=O)COc2cccc(C(F)(F)F)c2)C1. The standard InChI is InChI=1S/C16H21F3N2O2/c1-11(20)12-4-3-7-21(9-12)15(22)10-23-14-6-2-5-13(8-14)16(17,18)19/h2,5-6,8,11-12H,3-4,7,9-10,20H2,1H3/t11-,12+/m1/s1. The lowest BCUT2D eigenvalue weighted by Crippen LogP contribution is -2.46. The zero-order valence-electron chi connectivity index (χ0n) is 13.0. The zero-order chi connectivity index (χ0) is 17.0. The van der Waals surface area contributed by atoms with Gasteiger partial charge in [-0.15, -0.1) is 0 Å². The van der Waals surface area contributed by atoms with Gasteiger partial charge in [-0.05, 0) is 43.9 Å². The molecule has 7 heteroatoms. The maximum absolute atomic E-state index is 12.6. The molecule has 2 N–H and O–H groups in total. The van der Waals surface area contributed by atoms with Crippen LogP contribution < -0.4 is 10.5 Å². The number of benzene rings is 1. The van der Waals surface area contributed by atoms with Gasteiger partial charge in [0.25, 0.3) is 5.91 Å². The molecule has 1 amide bonds. The van der Waals surface area contributed by atoms with Gasteiger partial charge in [-0.1, -0.05) is 6.07 Å². The average Bonchev–Trinajstić information content (AvgIpc) is 2.52. The molecule has 1 heterocycles. The number of carbonyl (C=O) groups excluding carboxylic acids is 1. The number of carbonyl (C=O) groups is 1. The van der Waals surface area contributed by atoms with E-state index in [2.05, 4.69) is 0 Å². The lowest BCUT2D eigenvalue weighted by molar-refractivity contribution is -0.137. The molecule has 1 aliphatic rings. The number of nitrogens with zero attached hydrogens (tertiary/aromatic N) is 1. The van der Waals surface area contributed by atoms with Gasteiger partial charge >= 0.3 is 6.18 Å². The summed E-state index contributed by atoms with van der Waals surface area (Å²) in [4.78, 5) is 13.8. The van der Waals surface area contributed by atoms with Crippen molar-refractivity contribution in [2.75, 3.05) is 19.7 Å². The minimum atomic E-state index is -4.43. The summed E-state index contributed by atoms with van der Waals surface area (Å²) in [5, 5.41) is 0. The summed E-state index contributed by atoms with van der Waals surface area (Å²) in [5.74, 6) is 0.0583. The van der Waals surface area contributed by atoms with Crippen LogP contribution in [0.1, 0.15) is 25.3 Å². The molecule has 1 aromatic carbocycles. The molecule has 2 atom stereocenters. The Morgan fingerprint density at radius 2 is 2.22 bits per heavy atom. The average molecular weight is 330 g/mol. The van der Waals surface area contributed by atoms with Crippen LogP contribution in [-0.4, -0.2) is 36.5 Å². The second kappa shape index (κ2) is 7.21. The van der Waals surface area contributed by atoms with Crippen molar-refractivity contribution in [2.45, 2.75) is 32.0 Å². The number of alkyl halides is 3. The molecule has 0 radical (unpaired) electrons. The smallest absolute Gasteiger partial charge is 0.416 e. The second-order valence-electron chi connectivity index (χ2n) is 5.92. The summed E-state index contributed by atoms with van der Waals surface area (Å²) in [6.45, 7) is 2.85. The maximum Gasteiger partial charge on any atom is 0.416 e. The molecular formula is C16H21F3N2O2. The Labute approximate surface area is 133 Å². The van der Waals surface area contributed by atoms with Gasteiger partial charge in [0.15, 0.2) is 6.61 Å². The van der Waals surface area contributed by atoms with Crippen LogP contribution in [0.2, 0.25) is 0 Å². The molecular weight excluding hydrogens is 309 g/mol. The topological polar surface area (TPSA) is 55.6 Å². The molecule has 0 aromatic heterocycles. The zero-order valence-corrected chi connectivity index (χ0v) is 13.0. The number of piperidine rings is 1. The molecule has 1 aliphatic heterocycles. The number of amides is 1. The first-order valence-electron chi connectivity index (χ1n) is 7.61. The largest absolute Gasteiger partial charge is 0.484 e. The maximum atomic E-state index is 12.6. The van der Waals surface area contributed by atoms with Crippen LogP contribution in [0.25, 0.3) is 0 Å². The lowest BCUT2D eigenvalue weighted by Gasteiger charge is -2.34. The van der Waals surface area contributed by atoms with Gasteiger partial charge in [-0.2, -0.15) is 13.2 Å². The predicted molar refractivity (Wildman–Crippen MR) is 79.9 cm³/mol. The van der Waals surface area contributed by atoms with E-state index in [-0.39, 0.29) is 30.2 Å². The highest BCUT2D eigenvalue weighted by Crippen LogP contribution is 2.31. The van der Waals surface area contributed by atoms with E-state index >= 15 is 0 Å². The minimum absolute atomic E-state index is 0.00925. The highest BCUT2D eigenvalue weighted by molar-refractivity contribution is 5.77. The van der Waals surface area contributed by atoms with Crippen molar-refractivity contribution in [2.24, 2.45) is 11.7 Å². The van der Waals surface area contributed by atoms with Crippen LogP contribution in [-0.2, 0) is 11.0 Å². The van der Waals surface area contributed by atoms with E-state index in [0.717, 1.165) is 25.0 Å². The van der Waals surface area contributed by atoms with Gasteiger partial charge in [0, 0.05) is 19.1 Å². The first-order valence-corrected chi connectivity index (χ1v) is 7.61. The lowest BCUT2D eigenvalue weighted by atomic mass is 9.92. The third-order valence-electron chi connectivity index (χ3n) is 4.08. The highest BCUT2D eigenvalue weighted by atomic mass is 19.4. The van der Waals surface area contributed by atoms with Gasteiger partial charge in [0.1, 0.15) is 5.75 Å². The molecule has 0 spiro atoms. The van der Waals surface area contributed by atoms with Crippen LogP contribution in [0, 0.1) is 5.92 Å². The number of ether oxygens (including phenoxy) is 1. The van der Waals surface area contributed by atoms with Crippen molar-refractivity contribution < 1.29 is 22.7 Å². The van der Waals surface area contributed by atoms with Crippen molar-refractivity contribution in [3.8, 4) is 5.75 Å². The van der Waals surface area contributed by atoms with Crippen molar-refractivity contribution in [1.29, 1.82) is 0 Å². The number of rotatable bonds is 4. The monoisotopic (exact) mass is 330 g/mol. The molecule has 1 aromatic rings. The fourth-order valence-corrected chi connectivity index (χ4v) is 2.66. The van der Waals surface area contributed by atoms with Gasteiger partial charge in [0.2, 0.25) is 0 Å². The second-order valence-corrected chi connectivity index (χ2v) is 5.92. The van der Waals surface area contributed by atoms with Crippen molar-refractivity contribution in [3.63, 3.8) is 0 Å². The van der Waals surface area contributed by atoms with Crippen LogP contribution in [0.3, 0.4) is 0 Å². The highest BCUT2D eigenvalue weighted by Gasteiger charge is 2.31. The molecule has 4 nitrogen and oxygen atoms in total. The van der Waals surface area contributed by atoms with E-state index in [9.17, 15) is 18.0 Å². The van der Waals surface area contributed by atoms with E-state index in [0.29, 0.717) is 13.1 Å². The van der Waals surface area contributed by atoms with E-state index in [1.54, 1.807) is 4.90 Å². The van der Waals surface area contributed by atoms with Gasteiger partial charge < -0.3 is 15.4 Å². The number of halogens is 3. The summed E-state index contributed by atoms with van der Waals surface area (Å²) in [5.41, 5.74) is 5.08. The summed E-state index contributed by atoms with van der Waals surface area (Å²) in [6, 6.07) is 4.54. The molecule has 0 unspecified atom stereocenters. The molecule has 0 saturated carbocycles. The summed E-state index contributed by atoms with van der Waals surface area (Å²) in [6.07, 6.45) is -2.57. The number of nitrogens with two attached hydrogens (primary N) is 1. The van der Waals surface area contributed by atoms with Gasteiger partial charge in [-0.3, -0.25) is 4.79 Å². The first-order chi connectivity index (χ1) is 10.8. The molecule has 1 saturated heterocycles. The third-order valence-corrected chi connectivity index (χ3v) is 4.08. The molecule has 1 fully saturated rings. The van der Waals surface area contributed by atoms with E-state index < -0.39 is 11.7 Å². The molecule has 128 valence electrons. The molecule has 2 rings (SSSR count). The molecule has 0 aliphatic carbocycles. The van der Waals surface area contributed by atoms with Crippen molar-refractivity contribution in [1.82, 2.24) is 4.90 Å². The van der Waals surface area contributed by atoms with Gasteiger partial charge in [-0.25, -0.2) is 0 Å². The van der Waals surface area contributed by atoms with E-state index in [4.69, 9.17) is 10.5 Å². The Morgan fingerprint density at radius 1 is 1.48 bits per heavy atom. The third kappa shape index (κ3) is 4.86. The Bertz CT molecular complexity index is 546. The molecule has 23 heavy (non-hydrogen) atoms. The van der Waals surface area contributed by atoms with Crippen LogP contribution in [0.4, 0.5) is 13.2 Å². The summed E-state index contributed by atoms with van der Waals surface area (Å²) >= 11 is 0. The molecule has 0 bridgehead atoms. The number of hydrogen-bond acceptors (Lipinski definition) is 3. The minimum Gasteiger partial charge on any atom is -0.484 e. The van der Waals surface area contributed by atoms with E-state index in [1.165, 1.54) is 12.1 Å². The normalized spacial score (nSPS) is 20.2. The van der Waals surface area contributed by atoms with Crippen LogP contribution >= 0.6 is 0 Å². The van der Waals surface area contributed by atoms with Crippen LogP contribution in [0.5, 0.6) is 5.75 Å². The Hall–Kier alpha value is -1.76. The Kier molecular flexibility index (Phi) is 5.51. The van der Waals surface area contributed by atoms with Crippen molar-refractivity contribution in [3.05, 3.63) is 29.8 Å². The Balaban J connectivity index is 1.92. The van der Waals surface area contributed by atoms with Gasteiger partial charge in [0.05, 0.1) is 5.56 Å². The quantitative estimate of drug-likeness (QED) is 0.923. The van der Waals surface area contributed by atoms with Crippen LogP contribution in [0.15, 0.2) is 24.3 Å². The summed E-state index contributed by atoms with van der Waals surface area (Å²) < 4.78 is 43.1.